The van der Waals surface area contributed by atoms with Gasteiger partial charge in [-0.1, -0.05) is 42.5 Å². The van der Waals surface area contributed by atoms with E-state index < -0.39 is 11.6 Å². The molecule has 98 valence electrons. The summed E-state index contributed by atoms with van der Waals surface area (Å²) < 4.78 is 26.5. The number of halogens is 2. The molecule has 2 aromatic carbocycles. The summed E-state index contributed by atoms with van der Waals surface area (Å²) in [7, 11) is 0. The van der Waals surface area contributed by atoms with Crippen LogP contribution in [-0.4, -0.2) is 6.04 Å². The van der Waals surface area contributed by atoms with Gasteiger partial charge in [-0.3, -0.25) is 0 Å². The Morgan fingerprint density at radius 1 is 1.00 bits per heavy atom. The van der Waals surface area contributed by atoms with Crippen LogP contribution < -0.4 is 5.32 Å². The van der Waals surface area contributed by atoms with Crippen LogP contribution in [-0.2, 0) is 6.54 Å². The molecule has 1 aliphatic carbocycles. The van der Waals surface area contributed by atoms with E-state index in [4.69, 9.17) is 0 Å². The van der Waals surface area contributed by atoms with Crippen LogP contribution >= 0.6 is 0 Å². The predicted octanol–water partition coefficient (Wildman–Crippen LogP) is 3.61. The van der Waals surface area contributed by atoms with Gasteiger partial charge in [0.1, 0.15) is 0 Å². The fourth-order valence-corrected chi connectivity index (χ4v) is 2.42. The minimum Gasteiger partial charge on any atom is -0.309 e. The molecule has 1 nitrogen and oxygen atoms in total. The highest BCUT2D eigenvalue weighted by atomic mass is 19.2. The second-order valence-electron chi connectivity index (χ2n) is 4.95. The van der Waals surface area contributed by atoms with Crippen LogP contribution in [0.2, 0.25) is 0 Å². The van der Waals surface area contributed by atoms with E-state index in [1.807, 2.05) is 18.2 Å². The van der Waals surface area contributed by atoms with Gasteiger partial charge in [-0.25, -0.2) is 8.78 Å². The first-order chi connectivity index (χ1) is 9.25. The molecule has 2 aromatic rings. The van der Waals surface area contributed by atoms with Crippen molar-refractivity contribution in [3.63, 3.8) is 0 Å². The third-order valence-electron chi connectivity index (χ3n) is 3.60. The molecule has 2 unspecified atom stereocenters. The Kier molecular flexibility index (Phi) is 3.30. The molecule has 0 amide bonds. The van der Waals surface area contributed by atoms with Crippen molar-refractivity contribution in [2.45, 2.75) is 24.9 Å². The zero-order valence-corrected chi connectivity index (χ0v) is 10.4. The number of rotatable bonds is 4. The van der Waals surface area contributed by atoms with Crippen molar-refractivity contribution < 1.29 is 8.78 Å². The van der Waals surface area contributed by atoms with E-state index in [9.17, 15) is 8.78 Å². The molecule has 1 fully saturated rings. The minimum absolute atomic E-state index is 0.366. The molecule has 1 N–H and O–H groups in total. The summed E-state index contributed by atoms with van der Waals surface area (Å²) in [5.41, 5.74) is 1.69. The Morgan fingerprint density at radius 3 is 2.58 bits per heavy atom. The fourth-order valence-electron chi connectivity index (χ4n) is 2.42. The van der Waals surface area contributed by atoms with Crippen molar-refractivity contribution in [2.75, 3.05) is 0 Å². The van der Waals surface area contributed by atoms with Crippen LogP contribution in [0.3, 0.4) is 0 Å². The standard InChI is InChI=1S/C16H15F2N/c17-14-8-4-7-12(16(14)18)10-19-15-9-13(15)11-5-2-1-3-6-11/h1-8,13,15,19H,9-10H2. The zero-order valence-electron chi connectivity index (χ0n) is 10.4. The lowest BCUT2D eigenvalue weighted by atomic mass is 10.1. The second-order valence-corrected chi connectivity index (χ2v) is 4.95. The van der Waals surface area contributed by atoms with Gasteiger partial charge in [0.25, 0.3) is 0 Å². The first kappa shape index (κ1) is 12.3. The molecule has 3 heteroatoms. The Hall–Kier alpha value is -1.74. The quantitative estimate of drug-likeness (QED) is 0.884. The Morgan fingerprint density at radius 2 is 1.79 bits per heavy atom. The first-order valence-electron chi connectivity index (χ1n) is 6.47. The molecular weight excluding hydrogens is 244 g/mol. The summed E-state index contributed by atoms with van der Waals surface area (Å²) in [5, 5.41) is 3.28. The lowest BCUT2D eigenvalue weighted by molar-refractivity contribution is 0.492. The number of hydrogen-bond acceptors (Lipinski definition) is 1. The Bertz CT molecular complexity index is 568. The van der Waals surface area contributed by atoms with Gasteiger partial charge in [0.05, 0.1) is 0 Å². The molecule has 0 aliphatic heterocycles. The van der Waals surface area contributed by atoms with Crippen molar-refractivity contribution in [3.8, 4) is 0 Å². The fraction of sp³-hybridized carbons (Fsp3) is 0.250. The summed E-state index contributed by atoms with van der Waals surface area (Å²) in [6, 6.07) is 14.9. The van der Waals surface area contributed by atoms with Gasteiger partial charge in [0.15, 0.2) is 11.6 Å². The van der Waals surface area contributed by atoms with E-state index in [1.165, 1.54) is 11.6 Å². The van der Waals surface area contributed by atoms with Gasteiger partial charge < -0.3 is 5.32 Å². The number of hydrogen-bond donors (Lipinski definition) is 1. The molecule has 0 spiro atoms. The maximum Gasteiger partial charge on any atom is 0.163 e. The third-order valence-corrected chi connectivity index (χ3v) is 3.60. The molecule has 0 aromatic heterocycles. The van der Waals surface area contributed by atoms with Gasteiger partial charge in [0.2, 0.25) is 0 Å². The van der Waals surface area contributed by atoms with Gasteiger partial charge in [-0.2, -0.15) is 0 Å². The first-order valence-corrected chi connectivity index (χ1v) is 6.47. The van der Waals surface area contributed by atoms with E-state index >= 15 is 0 Å². The van der Waals surface area contributed by atoms with Crippen LogP contribution in [0.25, 0.3) is 0 Å². The van der Waals surface area contributed by atoms with E-state index in [1.54, 1.807) is 6.07 Å². The molecule has 19 heavy (non-hydrogen) atoms. The van der Waals surface area contributed by atoms with Crippen LogP contribution in [0.15, 0.2) is 48.5 Å². The van der Waals surface area contributed by atoms with Gasteiger partial charge in [-0.15, -0.1) is 0 Å². The summed E-state index contributed by atoms with van der Waals surface area (Å²) in [6.07, 6.45) is 1.06. The Labute approximate surface area is 111 Å². The predicted molar refractivity (Wildman–Crippen MR) is 70.8 cm³/mol. The minimum atomic E-state index is -0.783. The van der Waals surface area contributed by atoms with Gasteiger partial charge in [0, 0.05) is 24.1 Å². The molecule has 0 heterocycles. The van der Waals surface area contributed by atoms with Crippen LogP contribution in [0.5, 0.6) is 0 Å². The highest BCUT2D eigenvalue weighted by Crippen LogP contribution is 2.40. The van der Waals surface area contributed by atoms with Crippen molar-refractivity contribution in [1.82, 2.24) is 5.32 Å². The summed E-state index contributed by atoms with van der Waals surface area (Å²) in [6.45, 7) is 0.373. The summed E-state index contributed by atoms with van der Waals surface area (Å²) in [4.78, 5) is 0. The van der Waals surface area contributed by atoms with Gasteiger partial charge in [-0.05, 0) is 18.1 Å². The van der Waals surface area contributed by atoms with Crippen molar-refractivity contribution >= 4 is 0 Å². The topological polar surface area (TPSA) is 12.0 Å². The number of benzene rings is 2. The highest BCUT2D eigenvalue weighted by Gasteiger charge is 2.37. The van der Waals surface area contributed by atoms with Crippen molar-refractivity contribution in [3.05, 3.63) is 71.3 Å². The molecule has 1 saturated carbocycles. The largest absolute Gasteiger partial charge is 0.309 e. The Balaban J connectivity index is 1.59. The highest BCUT2D eigenvalue weighted by molar-refractivity contribution is 5.28. The smallest absolute Gasteiger partial charge is 0.163 e. The van der Waals surface area contributed by atoms with Crippen LogP contribution in [0.4, 0.5) is 8.78 Å². The summed E-state index contributed by atoms with van der Waals surface area (Å²) in [5.74, 6) is -1.03. The monoisotopic (exact) mass is 259 g/mol. The van der Waals surface area contributed by atoms with Crippen LogP contribution in [0, 0.1) is 11.6 Å². The van der Waals surface area contributed by atoms with E-state index in [2.05, 4.69) is 17.4 Å². The van der Waals surface area contributed by atoms with Gasteiger partial charge >= 0.3 is 0 Å². The maximum absolute atomic E-state index is 13.5. The molecule has 0 saturated heterocycles. The summed E-state index contributed by atoms with van der Waals surface area (Å²) >= 11 is 0. The maximum atomic E-state index is 13.5. The third kappa shape index (κ3) is 2.66. The average Bonchev–Trinajstić information content (AvgIpc) is 3.21. The number of nitrogens with one attached hydrogen (secondary N) is 1. The molecule has 2 atom stereocenters. The van der Waals surface area contributed by atoms with Crippen LogP contribution in [0.1, 0.15) is 23.5 Å². The second kappa shape index (κ2) is 5.10. The average molecular weight is 259 g/mol. The van der Waals surface area contributed by atoms with Crippen molar-refractivity contribution in [2.24, 2.45) is 0 Å². The molecular formula is C16H15F2N. The molecule has 0 bridgehead atoms. The van der Waals surface area contributed by atoms with E-state index in [0.717, 1.165) is 12.5 Å². The lowest BCUT2D eigenvalue weighted by Crippen LogP contribution is -2.18. The van der Waals surface area contributed by atoms with E-state index in [0.29, 0.717) is 24.1 Å². The van der Waals surface area contributed by atoms with E-state index in [-0.39, 0.29) is 0 Å². The van der Waals surface area contributed by atoms with Crippen molar-refractivity contribution in [1.29, 1.82) is 0 Å². The molecule has 1 aliphatic rings. The SMILES string of the molecule is Fc1cccc(CNC2CC2c2ccccc2)c1F. The molecule has 0 radical (unpaired) electrons. The lowest BCUT2D eigenvalue weighted by Gasteiger charge is -2.06. The zero-order chi connectivity index (χ0) is 13.2. The normalized spacial score (nSPS) is 21.4. The molecule has 3 rings (SSSR count).